The second kappa shape index (κ2) is 7.26. The van der Waals surface area contributed by atoms with Crippen molar-refractivity contribution >= 4 is 17.8 Å². The van der Waals surface area contributed by atoms with Crippen LogP contribution in [0.5, 0.6) is 0 Å². The Hall–Kier alpha value is -2.37. The first kappa shape index (κ1) is 17.0. The number of carbonyl (C=O) groups excluding carboxylic acids is 2. The van der Waals surface area contributed by atoms with Crippen molar-refractivity contribution in [2.24, 2.45) is 5.92 Å². The standard InChI is InChI=1S/C17H22N2O4/c1-11(2)14(17(22)23)18-15(20)13-9-6-10-19(13)16(21)12-7-4-3-5-8-12/h3-5,7-8,11,13-14H,6,9-10H2,1-2H3,(H,18,20)(H,22,23). The number of aliphatic carboxylic acids is 1. The van der Waals surface area contributed by atoms with Crippen molar-refractivity contribution in [3.05, 3.63) is 35.9 Å². The minimum absolute atomic E-state index is 0.195. The Morgan fingerprint density at radius 2 is 1.87 bits per heavy atom. The molecule has 0 radical (unpaired) electrons. The molecule has 124 valence electrons. The summed E-state index contributed by atoms with van der Waals surface area (Å²) in [4.78, 5) is 37.8. The molecule has 1 aromatic carbocycles. The summed E-state index contributed by atoms with van der Waals surface area (Å²) in [5.74, 6) is -1.88. The molecule has 6 nitrogen and oxygen atoms in total. The van der Waals surface area contributed by atoms with E-state index in [0.29, 0.717) is 18.5 Å². The van der Waals surface area contributed by atoms with Gasteiger partial charge in [0.15, 0.2) is 0 Å². The van der Waals surface area contributed by atoms with Crippen molar-refractivity contribution in [1.82, 2.24) is 10.2 Å². The Balaban J connectivity index is 2.10. The monoisotopic (exact) mass is 318 g/mol. The zero-order chi connectivity index (χ0) is 17.0. The average Bonchev–Trinajstić information content (AvgIpc) is 3.01. The average molecular weight is 318 g/mol. The minimum atomic E-state index is -1.06. The van der Waals surface area contributed by atoms with Crippen LogP contribution in [0.4, 0.5) is 0 Å². The second-order valence-corrected chi connectivity index (χ2v) is 6.09. The number of nitrogens with one attached hydrogen (secondary N) is 1. The van der Waals surface area contributed by atoms with Crippen LogP contribution in [-0.4, -0.2) is 46.4 Å². The number of likely N-dealkylation sites (tertiary alicyclic amines) is 1. The number of carbonyl (C=O) groups is 3. The molecule has 2 amide bonds. The van der Waals surface area contributed by atoms with Crippen LogP contribution in [0, 0.1) is 5.92 Å². The lowest BCUT2D eigenvalue weighted by atomic mass is 10.0. The van der Waals surface area contributed by atoms with Gasteiger partial charge in [-0.3, -0.25) is 9.59 Å². The van der Waals surface area contributed by atoms with Crippen LogP contribution in [0.2, 0.25) is 0 Å². The first-order valence-electron chi connectivity index (χ1n) is 7.81. The molecule has 0 aromatic heterocycles. The third-order valence-corrected chi connectivity index (χ3v) is 4.07. The Bertz CT molecular complexity index is 586. The molecular weight excluding hydrogens is 296 g/mol. The van der Waals surface area contributed by atoms with Crippen LogP contribution in [-0.2, 0) is 9.59 Å². The van der Waals surface area contributed by atoms with Crippen LogP contribution in [0.3, 0.4) is 0 Å². The van der Waals surface area contributed by atoms with Crippen molar-refractivity contribution in [2.75, 3.05) is 6.54 Å². The molecular formula is C17H22N2O4. The molecule has 2 atom stereocenters. The van der Waals surface area contributed by atoms with E-state index in [0.717, 1.165) is 6.42 Å². The number of carboxylic acid groups (broad SMARTS) is 1. The van der Waals surface area contributed by atoms with Gasteiger partial charge in [-0.15, -0.1) is 0 Å². The van der Waals surface area contributed by atoms with Crippen LogP contribution in [0.25, 0.3) is 0 Å². The highest BCUT2D eigenvalue weighted by atomic mass is 16.4. The van der Waals surface area contributed by atoms with E-state index in [1.165, 1.54) is 4.90 Å². The van der Waals surface area contributed by atoms with E-state index in [9.17, 15) is 19.5 Å². The summed E-state index contributed by atoms with van der Waals surface area (Å²) in [5, 5.41) is 11.8. The van der Waals surface area contributed by atoms with Crippen LogP contribution >= 0.6 is 0 Å². The number of hydrogen-bond acceptors (Lipinski definition) is 3. The third kappa shape index (κ3) is 3.88. The molecule has 2 rings (SSSR count). The molecule has 1 aliphatic rings. The van der Waals surface area contributed by atoms with E-state index in [1.54, 1.807) is 38.1 Å². The fourth-order valence-corrected chi connectivity index (χ4v) is 2.79. The van der Waals surface area contributed by atoms with Gasteiger partial charge in [-0.25, -0.2) is 4.79 Å². The number of amides is 2. The van der Waals surface area contributed by atoms with Crippen molar-refractivity contribution in [1.29, 1.82) is 0 Å². The van der Waals surface area contributed by atoms with E-state index in [1.807, 2.05) is 6.07 Å². The Morgan fingerprint density at radius 3 is 2.43 bits per heavy atom. The first-order valence-corrected chi connectivity index (χ1v) is 7.81. The maximum atomic E-state index is 12.5. The first-order chi connectivity index (χ1) is 10.9. The van der Waals surface area contributed by atoms with Gasteiger partial charge in [-0.1, -0.05) is 32.0 Å². The molecule has 2 N–H and O–H groups in total. The van der Waals surface area contributed by atoms with E-state index in [-0.39, 0.29) is 11.8 Å². The van der Waals surface area contributed by atoms with E-state index < -0.39 is 24.0 Å². The molecule has 0 aliphatic carbocycles. The fraction of sp³-hybridized carbons (Fsp3) is 0.471. The smallest absolute Gasteiger partial charge is 0.326 e. The van der Waals surface area contributed by atoms with Gasteiger partial charge < -0.3 is 15.3 Å². The normalized spacial score (nSPS) is 18.7. The minimum Gasteiger partial charge on any atom is -0.480 e. The Labute approximate surface area is 135 Å². The number of carboxylic acids is 1. The summed E-state index contributed by atoms with van der Waals surface area (Å²) >= 11 is 0. The van der Waals surface area contributed by atoms with Gasteiger partial charge in [0, 0.05) is 12.1 Å². The lowest BCUT2D eigenvalue weighted by Crippen LogP contribution is -2.52. The van der Waals surface area contributed by atoms with E-state index >= 15 is 0 Å². The molecule has 0 saturated carbocycles. The quantitative estimate of drug-likeness (QED) is 0.861. The summed E-state index contributed by atoms with van der Waals surface area (Å²) in [6.45, 7) is 3.98. The maximum Gasteiger partial charge on any atom is 0.326 e. The molecule has 1 saturated heterocycles. The van der Waals surface area contributed by atoms with Crippen LogP contribution in [0.15, 0.2) is 30.3 Å². The zero-order valence-electron chi connectivity index (χ0n) is 13.4. The van der Waals surface area contributed by atoms with Gasteiger partial charge in [0.25, 0.3) is 5.91 Å². The Morgan fingerprint density at radius 1 is 1.22 bits per heavy atom. The molecule has 6 heteroatoms. The number of benzene rings is 1. The van der Waals surface area contributed by atoms with Gasteiger partial charge in [-0.05, 0) is 30.9 Å². The summed E-state index contributed by atoms with van der Waals surface area (Å²) in [7, 11) is 0. The van der Waals surface area contributed by atoms with Crippen LogP contribution in [0.1, 0.15) is 37.0 Å². The van der Waals surface area contributed by atoms with E-state index in [2.05, 4.69) is 5.32 Å². The molecule has 1 fully saturated rings. The molecule has 0 spiro atoms. The number of hydrogen-bond donors (Lipinski definition) is 2. The zero-order valence-corrected chi connectivity index (χ0v) is 13.4. The molecule has 1 heterocycles. The van der Waals surface area contributed by atoms with Gasteiger partial charge in [0.05, 0.1) is 0 Å². The van der Waals surface area contributed by atoms with Crippen molar-refractivity contribution in [3.63, 3.8) is 0 Å². The van der Waals surface area contributed by atoms with Crippen molar-refractivity contribution in [2.45, 2.75) is 38.8 Å². The topological polar surface area (TPSA) is 86.7 Å². The SMILES string of the molecule is CC(C)C(NC(=O)C1CCCN1C(=O)c1ccccc1)C(=O)O. The summed E-state index contributed by atoms with van der Waals surface area (Å²) in [5.41, 5.74) is 0.533. The van der Waals surface area contributed by atoms with Gasteiger partial charge >= 0.3 is 5.97 Å². The molecule has 0 bridgehead atoms. The summed E-state index contributed by atoms with van der Waals surface area (Å²) in [6.07, 6.45) is 1.28. The maximum absolute atomic E-state index is 12.5. The fourth-order valence-electron chi connectivity index (χ4n) is 2.79. The molecule has 2 unspecified atom stereocenters. The van der Waals surface area contributed by atoms with Crippen molar-refractivity contribution in [3.8, 4) is 0 Å². The van der Waals surface area contributed by atoms with Gasteiger partial charge in [0.2, 0.25) is 5.91 Å². The van der Waals surface area contributed by atoms with Gasteiger partial charge in [-0.2, -0.15) is 0 Å². The molecule has 23 heavy (non-hydrogen) atoms. The highest BCUT2D eigenvalue weighted by Crippen LogP contribution is 2.21. The number of nitrogens with zero attached hydrogens (tertiary/aromatic N) is 1. The number of rotatable bonds is 5. The van der Waals surface area contributed by atoms with E-state index in [4.69, 9.17) is 0 Å². The Kier molecular flexibility index (Phi) is 5.36. The van der Waals surface area contributed by atoms with Crippen LogP contribution < -0.4 is 5.32 Å². The highest BCUT2D eigenvalue weighted by Gasteiger charge is 2.36. The van der Waals surface area contributed by atoms with Crippen molar-refractivity contribution < 1.29 is 19.5 Å². The third-order valence-electron chi connectivity index (χ3n) is 4.07. The molecule has 1 aliphatic heterocycles. The predicted octanol–water partition coefficient (Wildman–Crippen LogP) is 1.52. The van der Waals surface area contributed by atoms with Gasteiger partial charge in [0.1, 0.15) is 12.1 Å². The second-order valence-electron chi connectivity index (χ2n) is 6.09. The predicted molar refractivity (Wildman–Crippen MR) is 84.9 cm³/mol. The highest BCUT2D eigenvalue weighted by molar-refractivity contribution is 5.98. The lowest BCUT2D eigenvalue weighted by Gasteiger charge is -2.26. The summed E-state index contributed by atoms with van der Waals surface area (Å²) < 4.78 is 0. The largest absolute Gasteiger partial charge is 0.480 e. The molecule has 1 aromatic rings. The summed E-state index contributed by atoms with van der Waals surface area (Å²) in [6, 6.07) is 7.24. The lowest BCUT2D eigenvalue weighted by molar-refractivity contribution is -0.143.